The van der Waals surface area contributed by atoms with Crippen molar-refractivity contribution in [1.29, 1.82) is 0 Å². The lowest BCUT2D eigenvalue weighted by Crippen LogP contribution is -2.42. The molecule has 6 nitrogen and oxygen atoms in total. The van der Waals surface area contributed by atoms with Crippen LogP contribution < -0.4 is 10.1 Å². The van der Waals surface area contributed by atoms with Crippen molar-refractivity contribution in [2.75, 3.05) is 18.5 Å². The van der Waals surface area contributed by atoms with Gasteiger partial charge >= 0.3 is 0 Å². The van der Waals surface area contributed by atoms with Crippen molar-refractivity contribution in [2.45, 2.75) is 38.6 Å². The molecular formula is C21H24N2O4. The highest BCUT2D eigenvalue weighted by Crippen LogP contribution is 2.34. The van der Waals surface area contributed by atoms with Gasteiger partial charge in [-0.05, 0) is 61.1 Å². The average molecular weight is 368 g/mol. The van der Waals surface area contributed by atoms with Gasteiger partial charge in [0.25, 0.3) is 5.91 Å². The highest BCUT2D eigenvalue weighted by molar-refractivity contribution is 5.94. The number of benzene rings is 1. The van der Waals surface area contributed by atoms with Crippen LogP contribution in [0, 0.1) is 5.92 Å². The molecule has 3 heterocycles. The van der Waals surface area contributed by atoms with Gasteiger partial charge in [0.1, 0.15) is 11.5 Å². The van der Waals surface area contributed by atoms with Crippen LogP contribution in [0.3, 0.4) is 0 Å². The maximum atomic E-state index is 12.8. The number of rotatable bonds is 4. The Bertz CT molecular complexity index is 831. The fourth-order valence-electron chi connectivity index (χ4n) is 3.87. The number of anilines is 1. The fourth-order valence-corrected chi connectivity index (χ4v) is 3.87. The van der Waals surface area contributed by atoms with Crippen LogP contribution in [0.15, 0.2) is 41.0 Å². The smallest absolute Gasteiger partial charge is 0.261 e. The monoisotopic (exact) mass is 368 g/mol. The molecule has 2 unspecified atom stereocenters. The second-order valence-corrected chi connectivity index (χ2v) is 7.40. The van der Waals surface area contributed by atoms with E-state index in [0.717, 1.165) is 29.9 Å². The SMILES string of the molecule is CC1CCN(C(=O)COc2ccc3c(c2)CCC(=O)N3)C(c2ccco2)C1. The Hall–Kier alpha value is -2.76. The van der Waals surface area contributed by atoms with Crippen LogP contribution in [-0.4, -0.2) is 29.9 Å². The molecule has 0 spiro atoms. The molecule has 4 rings (SSSR count). The van der Waals surface area contributed by atoms with E-state index in [9.17, 15) is 9.59 Å². The summed E-state index contributed by atoms with van der Waals surface area (Å²) in [5.74, 6) is 2.04. The molecule has 0 bridgehead atoms. The van der Waals surface area contributed by atoms with E-state index in [1.54, 1.807) is 12.3 Å². The Kier molecular flexibility index (Phi) is 4.88. The quantitative estimate of drug-likeness (QED) is 0.896. The highest BCUT2D eigenvalue weighted by atomic mass is 16.5. The lowest BCUT2D eigenvalue weighted by molar-refractivity contribution is -0.138. The van der Waals surface area contributed by atoms with Crippen molar-refractivity contribution in [2.24, 2.45) is 5.92 Å². The number of nitrogens with zero attached hydrogens (tertiary/aromatic N) is 1. The van der Waals surface area contributed by atoms with Crippen molar-refractivity contribution in [1.82, 2.24) is 4.90 Å². The molecule has 0 radical (unpaired) electrons. The van der Waals surface area contributed by atoms with Crippen molar-refractivity contribution >= 4 is 17.5 Å². The molecule has 1 aromatic heterocycles. The van der Waals surface area contributed by atoms with E-state index >= 15 is 0 Å². The largest absolute Gasteiger partial charge is 0.484 e. The van der Waals surface area contributed by atoms with Crippen LogP contribution >= 0.6 is 0 Å². The minimum atomic E-state index is -0.0330. The average Bonchev–Trinajstić information content (AvgIpc) is 3.20. The molecule has 2 aromatic rings. The number of nitrogens with one attached hydrogen (secondary N) is 1. The lowest BCUT2D eigenvalue weighted by atomic mass is 9.91. The zero-order valence-electron chi connectivity index (χ0n) is 15.4. The van der Waals surface area contributed by atoms with Gasteiger partial charge < -0.3 is 19.4 Å². The number of aryl methyl sites for hydroxylation is 1. The van der Waals surface area contributed by atoms with Crippen molar-refractivity contribution in [3.8, 4) is 5.75 Å². The summed E-state index contributed by atoms with van der Waals surface area (Å²) in [4.78, 5) is 26.1. The molecule has 0 saturated carbocycles. The first-order chi connectivity index (χ1) is 13.1. The van der Waals surface area contributed by atoms with Crippen LogP contribution in [0.25, 0.3) is 0 Å². The number of fused-ring (bicyclic) bond motifs is 1. The van der Waals surface area contributed by atoms with E-state index in [0.29, 0.717) is 31.1 Å². The number of hydrogen-bond acceptors (Lipinski definition) is 4. The van der Waals surface area contributed by atoms with Gasteiger partial charge in [0.2, 0.25) is 5.91 Å². The molecule has 1 saturated heterocycles. The number of hydrogen-bond donors (Lipinski definition) is 1. The number of carbonyl (C=O) groups excluding carboxylic acids is 2. The standard InChI is InChI=1S/C21H24N2O4/c1-14-8-9-23(18(11-14)19-3-2-10-26-19)21(25)13-27-16-5-6-17-15(12-16)4-7-20(24)22-17/h2-3,5-6,10,12,14,18H,4,7-9,11,13H2,1H3,(H,22,24). The second-order valence-electron chi connectivity index (χ2n) is 7.40. The fraction of sp³-hybridized carbons (Fsp3) is 0.429. The summed E-state index contributed by atoms with van der Waals surface area (Å²) in [6, 6.07) is 9.30. The van der Waals surface area contributed by atoms with Crippen LogP contribution in [0.1, 0.15) is 43.6 Å². The predicted octanol–water partition coefficient (Wildman–Crippen LogP) is 3.54. The Morgan fingerprint density at radius 1 is 1.33 bits per heavy atom. The van der Waals surface area contributed by atoms with Gasteiger partial charge in [-0.2, -0.15) is 0 Å². The van der Waals surface area contributed by atoms with E-state index in [4.69, 9.17) is 9.15 Å². The summed E-state index contributed by atoms with van der Waals surface area (Å²) in [5.41, 5.74) is 1.87. The molecule has 0 aliphatic carbocycles. The maximum Gasteiger partial charge on any atom is 0.261 e. The number of ether oxygens (including phenoxy) is 1. The Morgan fingerprint density at radius 2 is 2.22 bits per heavy atom. The molecule has 1 fully saturated rings. The summed E-state index contributed by atoms with van der Waals surface area (Å²) < 4.78 is 11.3. The van der Waals surface area contributed by atoms with E-state index in [1.165, 1.54) is 0 Å². The summed E-state index contributed by atoms with van der Waals surface area (Å²) >= 11 is 0. The third kappa shape index (κ3) is 3.84. The van der Waals surface area contributed by atoms with Gasteiger partial charge in [-0.3, -0.25) is 9.59 Å². The molecular weight excluding hydrogens is 344 g/mol. The van der Waals surface area contributed by atoms with Crippen LogP contribution in [-0.2, 0) is 16.0 Å². The van der Waals surface area contributed by atoms with Crippen LogP contribution in [0.5, 0.6) is 5.75 Å². The molecule has 2 aliphatic rings. The van der Waals surface area contributed by atoms with Gasteiger partial charge in [-0.1, -0.05) is 6.92 Å². The minimum absolute atomic E-state index is 0.00324. The normalized spacial score (nSPS) is 22.1. The summed E-state index contributed by atoms with van der Waals surface area (Å²) in [6.07, 6.45) is 4.71. The van der Waals surface area contributed by atoms with Crippen molar-refractivity contribution in [3.05, 3.63) is 47.9 Å². The topological polar surface area (TPSA) is 71.8 Å². The molecule has 6 heteroatoms. The van der Waals surface area contributed by atoms with Gasteiger partial charge in [0.15, 0.2) is 6.61 Å². The Morgan fingerprint density at radius 3 is 3.04 bits per heavy atom. The first kappa shape index (κ1) is 17.6. The molecule has 2 aliphatic heterocycles. The van der Waals surface area contributed by atoms with Gasteiger partial charge in [-0.25, -0.2) is 0 Å². The molecule has 142 valence electrons. The molecule has 1 N–H and O–H groups in total. The maximum absolute atomic E-state index is 12.8. The number of carbonyl (C=O) groups is 2. The Balaban J connectivity index is 1.42. The number of furan rings is 1. The van der Waals surface area contributed by atoms with E-state index in [2.05, 4.69) is 12.2 Å². The van der Waals surface area contributed by atoms with Gasteiger partial charge in [0, 0.05) is 18.7 Å². The minimum Gasteiger partial charge on any atom is -0.484 e. The lowest BCUT2D eigenvalue weighted by Gasteiger charge is -2.37. The summed E-state index contributed by atoms with van der Waals surface area (Å²) in [7, 11) is 0. The number of likely N-dealkylation sites (tertiary alicyclic amines) is 1. The van der Waals surface area contributed by atoms with Crippen molar-refractivity contribution < 1.29 is 18.7 Å². The van der Waals surface area contributed by atoms with Gasteiger partial charge in [-0.15, -0.1) is 0 Å². The first-order valence-corrected chi connectivity index (χ1v) is 9.48. The third-order valence-electron chi connectivity index (χ3n) is 5.39. The summed E-state index contributed by atoms with van der Waals surface area (Å²) in [6.45, 7) is 2.92. The van der Waals surface area contributed by atoms with Crippen molar-refractivity contribution in [3.63, 3.8) is 0 Å². The zero-order chi connectivity index (χ0) is 18.8. The molecule has 2 atom stereocenters. The zero-order valence-corrected chi connectivity index (χ0v) is 15.4. The van der Waals surface area contributed by atoms with E-state index < -0.39 is 0 Å². The van der Waals surface area contributed by atoms with Crippen LogP contribution in [0.2, 0.25) is 0 Å². The number of piperidine rings is 1. The molecule has 27 heavy (non-hydrogen) atoms. The first-order valence-electron chi connectivity index (χ1n) is 9.48. The predicted molar refractivity (Wildman–Crippen MR) is 100 cm³/mol. The van der Waals surface area contributed by atoms with E-state index in [1.807, 2.05) is 29.2 Å². The third-order valence-corrected chi connectivity index (χ3v) is 5.39. The number of amides is 2. The molecule has 1 aromatic carbocycles. The summed E-state index contributed by atoms with van der Waals surface area (Å²) in [5, 5.41) is 2.85. The highest BCUT2D eigenvalue weighted by Gasteiger charge is 2.32. The molecule has 2 amide bonds. The second kappa shape index (κ2) is 7.47. The van der Waals surface area contributed by atoms with Crippen LogP contribution in [0.4, 0.5) is 5.69 Å². The Labute approximate surface area is 158 Å². The van der Waals surface area contributed by atoms with E-state index in [-0.39, 0.29) is 24.5 Å². The van der Waals surface area contributed by atoms with Gasteiger partial charge in [0.05, 0.1) is 12.3 Å².